The number of aromatic nitrogens is 1. The van der Waals surface area contributed by atoms with Crippen LogP contribution in [0.25, 0.3) is 0 Å². The van der Waals surface area contributed by atoms with Gasteiger partial charge in [0, 0.05) is 56.8 Å². The third-order valence-electron chi connectivity index (χ3n) is 8.89. The van der Waals surface area contributed by atoms with Gasteiger partial charge in [-0.15, -0.1) is 0 Å². The van der Waals surface area contributed by atoms with Crippen molar-refractivity contribution in [2.24, 2.45) is 17.8 Å². The van der Waals surface area contributed by atoms with Gasteiger partial charge in [0.15, 0.2) is 0 Å². The molecule has 3 aliphatic rings. The van der Waals surface area contributed by atoms with Gasteiger partial charge in [-0.1, -0.05) is 43.4 Å². The Morgan fingerprint density at radius 2 is 1.77 bits per heavy atom. The van der Waals surface area contributed by atoms with Crippen LogP contribution >= 0.6 is 12.2 Å². The molecular formula is C32H37FN4O2S. The number of carbonyl (C=O) groups excluding carboxylic acids is 1. The van der Waals surface area contributed by atoms with Crippen molar-refractivity contribution in [2.75, 3.05) is 55.7 Å². The zero-order chi connectivity index (χ0) is 27.8. The average Bonchev–Trinajstić information content (AvgIpc) is 3.40. The second-order valence-electron chi connectivity index (χ2n) is 11.3. The maximum atomic E-state index is 15.5. The second-order valence-corrected chi connectivity index (χ2v) is 11.8. The number of carbonyl (C=O) groups is 1. The first kappa shape index (κ1) is 27.1. The fourth-order valence-electron chi connectivity index (χ4n) is 6.50. The topological polar surface area (TPSA) is 51.8 Å². The molecule has 2 aliphatic heterocycles. The number of amides is 1. The maximum Gasteiger partial charge on any atom is 0.261 e. The van der Waals surface area contributed by atoms with Gasteiger partial charge in [0.2, 0.25) is 0 Å². The monoisotopic (exact) mass is 560 g/mol. The fourth-order valence-corrected chi connectivity index (χ4v) is 6.81. The van der Waals surface area contributed by atoms with E-state index in [0.29, 0.717) is 72.1 Å². The number of piperidine rings is 1. The number of rotatable bonds is 8. The number of halogens is 1. The van der Waals surface area contributed by atoms with E-state index in [1.54, 1.807) is 23.2 Å². The van der Waals surface area contributed by atoms with Crippen LogP contribution in [0.2, 0.25) is 0 Å². The van der Waals surface area contributed by atoms with Gasteiger partial charge in [-0.3, -0.25) is 9.69 Å². The Morgan fingerprint density at radius 3 is 2.42 bits per heavy atom. The minimum atomic E-state index is -0.316. The van der Waals surface area contributed by atoms with E-state index in [-0.39, 0.29) is 11.7 Å². The van der Waals surface area contributed by atoms with E-state index in [9.17, 15) is 4.79 Å². The number of anilines is 2. The molecule has 40 heavy (non-hydrogen) atoms. The van der Waals surface area contributed by atoms with Crippen molar-refractivity contribution in [1.82, 2.24) is 9.88 Å². The van der Waals surface area contributed by atoms with E-state index in [1.807, 2.05) is 17.9 Å². The highest BCUT2D eigenvalue weighted by Gasteiger charge is 2.56. The lowest BCUT2D eigenvalue weighted by Crippen LogP contribution is -2.37. The summed E-state index contributed by atoms with van der Waals surface area (Å²) in [5.74, 6) is 1.01. The first-order chi connectivity index (χ1) is 19.4. The van der Waals surface area contributed by atoms with Gasteiger partial charge in [0.1, 0.15) is 5.82 Å². The number of aromatic amines is 1. The molecule has 3 aromatic rings. The summed E-state index contributed by atoms with van der Waals surface area (Å²) in [7, 11) is 0. The van der Waals surface area contributed by atoms with E-state index >= 15 is 4.39 Å². The molecular weight excluding hydrogens is 523 g/mol. The minimum absolute atomic E-state index is 0.171. The Morgan fingerprint density at radius 1 is 1.07 bits per heavy atom. The summed E-state index contributed by atoms with van der Waals surface area (Å²) in [4.78, 5) is 23.4. The van der Waals surface area contributed by atoms with E-state index in [0.717, 1.165) is 31.7 Å². The molecule has 2 unspecified atom stereocenters. The summed E-state index contributed by atoms with van der Waals surface area (Å²) in [6.07, 6.45) is 2.81. The number of fused-ring (bicyclic) bond motifs is 1. The van der Waals surface area contributed by atoms with Crippen LogP contribution in [0.5, 0.6) is 0 Å². The van der Waals surface area contributed by atoms with E-state index < -0.39 is 0 Å². The molecule has 0 bridgehead atoms. The molecule has 2 aromatic carbocycles. The molecule has 3 heterocycles. The summed E-state index contributed by atoms with van der Waals surface area (Å²) in [5, 5.41) is 0. The number of ether oxygens (including phenoxy) is 1. The SMILES string of the molecule is CCc1ccc(CN2CC3C(C2)C3CN(C(=O)c2c(C)[nH]ccc2=S)c2ccc(N3CCOCC3)c(F)c2)cc1. The number of hydrogen-bond acceptors (Lipinski definition) is 5. The Hall–Kier alpha value is -3.07. The highest BCUT2D eigenvalue weighted by molar-refractivity contribution is 7.71. The number of morpholine rings is 1. The molecule has 2 atom stereocenters. The summed E-state index contributed by atoms with van der Waals surface area (Å²) in [5.41, 5.74) is 5.05. The van der Waals surface area contributed by atoms with Crippen LogP contribution in [0.15, 0.2) is 54.7 Å². The van der Waals surface area contributed by atoms with Crippen molar-refractivity contribution in [3.05, 3.63) is 87.4 Å². The van der Waals surface area contributed by atoms with Crippen LogP contribution in [0.1, 0.15) is 34.1 Å². The number of nitrogens with zero attached hydrogens (tertiary/aromatic N) is 3. The molecule has 0 spiro atoms. The number of hydrogen-bond donors (Lipinski definition) is 1. The predicted octanol–water partition coefficient (Wildman–Crippen LogP) is 5.62. The highest BCUT2D eigenvalue weighted by Crippen LogP contribution is 2.52. The lowest BCUT2D eigenvalue weighted by Gasteiger charge is -2.30. The van der Waals surface area contributed by atoms with Gasteiger partial charge in [-0.2, -0.15) is 0 Å². The van der Waals surface area contributed by atoms with Crippen molar-refractivity contribution in [1.29, 1.82) is 0 Å². The molecule has 1 N–H and O–H groups in total. The zero-order valence-electron chi connectivity index (χ0n) is 23.2. The van der Waals surface area contributed by atoms with Crippen LogP contribution in [0.4, 0.5) is 15.8 Å². The average molecular weight is 561 g/mol. The molecule has 6 nitrogen and oxygen atoms in total. The third kappa shape index (κ3) is 5.45. The molecule has 6 rings (SSSR count). The van der Waals surface area contributed by atoms with E-state index in [2.05, 4.69) is 41.1 Å². The van der Waals surface area contributed by atoms with Crippen LogP contribution in [-0.2, 0) is 17.7 Å². The molecule has 1 saturated carbocycles. The first-order valence-electron chi connectivity index (χ1n) is 14.4. The van der Waals surface area contributed by atoms with E-state index in [1.165, 1.54) is 17.2 Å². The molecule has 3 fully saturated rings. The number of H-pyrrole nitrogens is 1. The maximum absolute atomic E-state index is 15.5. The predicted molar refractivity (Wildman–Crippen MR) is 159 cm³/mol. The summed E-state index contributed by atoms with van der Waals surface area (Å²) in [6, 6.07) is 15.8. The first-order valence-corrected chi connectivity index (χ1v) is 14.8. The minimum Gasteiger partial charge on any atom is -0.378 e. The normalized spacial score (nSPS) is 22.3. The Kier molecular flexibility index (Phi) is 7.75. The van der Waals surface area contributed by atoms with Gasteiger partial charge in [-0.25, -0.2) is 4.39 Å². The van der Waals surface area contributed by atoms with Crippen molar-refractivity contribution in [3.63, 3.8) is 0 Å². The number of pyridine rings is 1. The van der Waals surface area contributed by atoms with Gasteiger partial charge >= 0.3 is 0 Å². The van der Waals surface area contributed by atoms with Gasteiger partial charge < -0.3 is 19.5 Å². The highest BCUT2D eigenvalue weighted by atomic mass is 32.1. The van der Waals surface area contributed by atoms with Crippen LogP contribution in [0, 0.1) is 35.0 Å². The number of nitrogens with one attached hydrogen (secondary N) is 1. The molecule has 8 heteroatoms. The van der Waals surface area contributed by atoms with Crippen LogP contribution < -0.4 is 9.80 Å². The van der Waals surface area contributed by atoms with Crippen molar-refractivity contribution in [2.45, 2.75) is 26.8 Å². The largest absolute Gasteiger partial charge is 0.378 e. The molecule has 1 amide bonds. The lowest BCUT2D eigenvalue weighted by molar-refractivity contribution is 0.0982. The standard InChI is InChI=1S/C32H37FN4O2S/c1-3-22-4-6-23(7-5-22)17-35-18-25-26(19-35)27(25)20-37(32(38)31-21(2)34-11-10-30(31)40)24-8-9-29(28(33)16-24)36-12-14-39-15-13-36/h4-11,16,25-27H,3,12-15,17-20H2,1-2H3,(H,34,40). The second kappa shape index (κ2) is 11.4. The zero-order valence-corrected chi connectivity index (χ0v) is 24.1. The Balaban J connectivity index is 1.20. The Bertz CT molecular complexity index is 1420. The fraction of sp³-hybridized carbons (Fsp3) is 0.438. The smallest absolute Gasteiger partial charge is 0.261 e. The molecule has 2 saturated heterocycles. The number of benzene rings is 2. The summed E-state index contributed by atoms with van der Waals surface area (Å²) in [6.45, 7) is 10.1. The number of likely N-dealkylation sites (tertiary alicyclic amines) is 1. The third-order valence-corrected chi connectivity index (χ3v) is 9.23. The van der Waals surface area contributed by atoms with Crippen LogP contribution in [0.3, 0.4) is 0 Å². The molecule has 0 radical (unpaired) electrons. The van der Waals surface area contributed by atoms with Gasteiger partial charge in [0.05, 0.1) is 29.0 Å². The molecule has 1 aromatic heterocycles. The molecule has 1 aliphatic carbocycles. The quantitative estimate of drug-likeness (QED) is 0.363. The lowest BCUT2D eigenvalue weighted by atomic mass is 10.1. The summed E-state index contributed by atoms with van der Waals surface area (Å²) >= 11 is 5.55. The van der Waals surface area contributed by atoms with Gasteiger partial charge in [0.25, 0.3) is 5.91 Å². The van der Waals surface area contributed by atoms with Crippen molar-refractivity contribution >= 4 is 29.5 Å². The van der Waals surface area contributed by atoms with E-state index in [4.69, 9.17) is 17.0 Å². The van der Waals surface area contributed by atoms with Crippen LogP contribution in [-0.4, -0.2) is 61.7 Å². The molecule has 210 valence electrons. The van der Waals surface area contributed by atoms with Gasteiger partial charge in [-0.05, 0) is 66.5 Å². The van der Waals surface area contributed by atoms with Crippen molar-refractivity contribution in [3.8, 4) is 0 Å². The number of aryl methyl sites for hydroxylation is 2. The Labute approximate surface area is 240 Å². The summed E-state index contributed by atoms with van der Waals surface area (Å²) < 4.78 is 21.4. The van der Waals surface area contributed by atoms with Crippen molar-refractivity contribution < 1.29 is 13.9 Å².